The van der Waals surface area contributed by atoms with Gasteiger partial charge in [0.25, 0.3) is 0 Å². The molecule has 0 saturated heterocycles. The van der Waals surface area contributed by atoms with Gasteiger partial charge in [0.15, 0.2) is 0 Å². The summed E-state index contributed by atoms with van der Waals surface area (Å²) >= 11 is -3.78. The molecule has 9 heavy (non-hydrogen) atoms. The summed E-state index contributed by atoms with van der Waals surface area (Å²) < 4.78 is 35.1. The molecule has 58 valence electrons. The van der Waals surface area contributed by atoms with Crippen LogP contribution in [0, 0.1) is 0 Å². The molecule has 0 aromatic carbocycles. The van der Waals surface area contributed by atoms with E-state index in [0.717, 1.165) is 0 Å². The van der Waals surface area contributed by atoms with Gasteiger partial charge in [-0.15, -0.1) is 9.35 Å². The third-order valence-electron chi connectivity index (χ3n) is 0.266. The summed E-state index contributed by atoms with van der Waals surface area (Å²) in [5.41, 5.74) is 0. The van der Waals surface area contributed by atoms with Gasteiger partial charge in [-0.1, -0.05) is 0 Å². The number of halogens is 1. The van der Waals surface area contributed by atoms with Crippen molar-refractivity contribution in [2.24, 2.45) is 0 Å². The maximum atomic E-state index is 11.0. The first-order valence-electron chi connectivity index (χ1n) is 2.02. The fourth-order valence-corrected chi connectivity index (χ4v) is 3.53. The Bertz CT molecular complexity index is 148. The smallest absolute Gasteiger partial charge is 0.394 e. The van der Waals surface area contributed by atoms with E-state index in [2.05, 4.69) is 2.51 Å². The molecule has 0 aliphatic heterocycles. The molecule has 0 heterocycles. The van der Waals surface area contributed by atoms with Gasteiger partial charge in [0.1, 0.15) is 0 Å². The van der Waals surface area contributed by atoms with Crippen molar-refractivity contribution in [1.29, 1.82) is 0 Å². The molecule has 0 aromatic rings. The van der Waals surface area contributed by atoms with Crippen LogP contribution >= 0.6 is 0 Å². The van der Waals surface area contributed by atoms with Gasteiger partial charge in [0.05, 0.1) is 2.51 Å². The molecule has 0 aliphatic carbocycles. The third-order valence-corrected chi connectivity index (χ3v) is 5.36. The largest absolute Gasteiger partial charge is 0.534 e. The van der Waals surface area contributed by atoms with Crippen LogP contribution < -0.4 is 27.9 Å². The van der Waals surface area contributed by atoms with E-state index in [-0.39, 0.29) is 0 Å². The Hall–Kier alpha value is 0.760. The van der Waals surface area contributed by atoms with Crippen LogP contribution in [-0.2, 0) is 11.9 Å². The first-order chi connectivity index (χ1) is 3.67. The van der Waals surface area contributed by atoms with E-state index in [4.69, 9.17) is 0 Å². The standard InChI is InChI=1S/C3H9IO4S/c1-9(2,3,7)8-4(5)6/h1-3H3. The normalized spacial score (nSPS) is 17.3. The highest BCUT2D eigenvalue weighted by molar-refractivity contribution is 8.14. The maximum Gasteiger partial charge on any atom is 0.534 e. The summed E-state index contributed by atoms with van der Waals surface area (Å²) in [5.74, 6) is 0. The van der Waals surface area contributed by atoms with E-state index >= 15 is 0 Å². The maximum absolute atomic E-state index is 11.0. The van der Waals surface area contributed by atoms with Crippen LogP contribution in [0.3, 0.4) is 0 Å². The summed E-state index contributed by atoms with van der Waals surface area (Å²) in [4.78, 5) is 0. The number of hydrogen-bond donors (Lipinski definition) is 0. The van der Waals surface area contributed by atoms with Crippen molar-refractivity contribution in [1.82, 2.24) is 0 Å². The lowest BCUT2D eigenvalue weighted by Crippen LogP contribution is -3.99. The van der Waals surface area contributed by atoms with Crippen molar-refractivity contribution in [3.05, 3.63) is 0 Å². The molecule has 6 heteroatoms. The van der Waals surface area contributed by atoms with Crippen molar-refractivity contribution in [3.8, 4) is 0 Å². The van der Waals surface area contributed by atoms with E-state index in [0.29, 0.717) is 0 Å². The Kier molecular flexibility index (Phi) is 2.63. The fourth-order valence-electron chi connectivity index (χ4n) is 0.175. The van der Waals surface area contributed by atoms with E-state index in [9.17, 15) is 11.1 Å². The molecule has 4 nitrogen and oxygen atoms in total. The fraction of sp³-hybridized carbons (Fsp3) is 1.00. The Morgan fingerprint density at radius 1 is 1.33 bits per heavy atom. The van der Waals surface area contributed by atoms with Gasteiger partial charge >= 0.3 is 21.1 Å². The average Bonchev–Trinajstić information content (AvgIpc) is 1.16. The number of hydrogen-bond acceptors (Lipinski definition) is 4. The van der Waals surface area contributed by atoms with Crippen LogP contribution in [-0.4, -0.2) is 23.0 Å². The molecule has 0 bridgehead atoms. The van der Waals surface area contributed by atoms with Crippen molar-refractivity contribution >= 4 is 9.35 Å². The lowest BCUT2D eigenvalue weighted by molar-refractivity contribution is -1.62. The molecule has 0 saturated carbocycles. The second-order valence-corrected chi connectivity index (χ2v) is 9.41. The van der Waals surface area contributed by atoms with Gasteiger partial charge in [-0.2, -0.15) is 0 Å². The highest BCUT2D eigenvalue weighted by atomic mass is 127. The van der Waals surface area contributed by atoms with Crippen LogP contribution in [0.2, 0.25) is 0 Å². The first kappa shape index (κ1) is 9.76. The van der Waals surface area contributed by atoms with E-state index in [1.165, 1.54) is 18.8 Å². The molecule has 0 rings (SSSR count). The van der Waals surface area contributed by atoms with E-state index in [1.54, 1.807) is 0 Å². The SMILES string of the molecule is CS(C)(C)(=O)O[I+2]([O-])[O-]. The molecule has 0 spiro atoms. The lowest BCUT2D eigenvalue weighted by Gasteiger charge is -2.25. The zero-order valence-corrected chi connectivity index (χ0v) is 8.39. The van der Waals surface area contributed by atoms with Gasteiger partial charge < -0.3 is 6.87 Å². The molecule has 0 fully saturated rings. The quantitative estimate of drug-likeness (QED) is 0.469. The molecule has 0 atom stereocenters. The van der Waals surface area contributed by atoms with Crippen LogP contribution in [0.25, 0.3) is 0 Å². The van der Waals surface area contributed by atoms with Crippen molar-refractivity contribution < 1.29 is 34.7 Å². The highest BCUT2D eigenvalue weighted by Gasteiger charge is 2.28. The molecule has 0 N–H and O–H groups in total. The van der Waals surface area contributed by atoms with Gasteiger partial charge in [-0.05, 0) is 0 Å². The van der Waals surface area contributed by atoms with Gasteiger partial charge in [-0.3, -0.25) is 0 Å². The van der Waals surface area contributed by atoms with Crippen molar-refractivity contribution in [3.63, 3.8) is 0 Å². The van der Waals surface area contributed by atoms with Crippen molar-refractivity contribution in [2.45, 2.75) is 0 Å². The van der Waals surface area contributed by atoms with Gasteiger partial charge in [0, 0.05) is 18.8 Å². The van der Waals surface area contributed by atoms with E-state index in [1.807, 2.05) is 0 Å². The second kappa shape index (κ2) is 2.42. The predicted octanol–water partition coefficient (Wildman–Crippen LogP) is -5.28. The summed E-state index contributed by atoms with van der Waals surface area (Å²) in [6, 6.07) is 0. The predicted molar refractivity (Wildman–Crippen MR) is 27.0 cm³/mol. The minimum absolute atomic E-state index is 1.28. The minimum Gasteiger partial charge on any atom is -0.394 e. The summed E-state index contributed by atoms with van der Waals surface area (Å²) in [7, 11) is -3.26. The molecule has 0 radical (unpaired) electrons. The summed E-state index contributed by atoms with van der Waals surface area (Å²) in [6.45, 7) is 0. The zero-order valence-electron chi connectivity index (χ0n) is 5.42. The zero-order chi connectivity index (χ0) is 7.73. The molecule has 0 unspecified atom stereocenters. The second-order valence-electron chi connectivity index (χ2n) is 2.54. The monoisotopic (exact) mass is 268 g/mol. The molecule has 0 aromatic heterocycles. The Labute approximate surface area is 62.9 Å². The third kappa shape index (κ3) is 8.76. The molecule has 0 amide bonds. The van der Waals surface area contributed by atoms with Crippen LogP contribution in [0.15, 0.2) is 0 Å². The van der Waals surface area contributed by atoms with Crippen LogP contribution in [0.4, 0.5) is 0 Å². The summed E-state index contributed by atoms with van der Waals surface area (Å²) in [5, 5.41) is 0. The molecule has 0 aliphatic rings. The lowest BCUT2D eigenvalue weighted by atomic mass is 11.9. The minimum atomic E-state index is -3.78. The first-order valence-corrected chi connectivity index (χ1v) is 7.78. The van der Waals surface area contributed by atoms with Crippen LogP contribution in [0.5, 0.6) is 0 Å². The Morgan fingerprint density at radius 3 is 1.67 bits per heavy atom. The van der Waals surface area contributed by atoms with Crippen LogP contribution in [0.1, 0.15) is 0 Å². The average molecular weight is 268 g/mol. The highest BCUT2D eigenvalue weighted by Crippen LogP contribution is 2.06. The number of rotatable bonds is 2. The van der Waals surface area contributed by atoms with Gasteiger partial charge in [-0.25, -0.2) is 4.21 Å². The van der Waals surface area contributed by atoms with Crippen molar-refractivity contribution in [2.75, 3.05) is 18.8 Å². The Morgan fingerprint density at radius 2 is 1.67 bits per heavy atom. The topological polar surface area (TPSA) is 72.4 Å². The molecular weight excluding hydrogens is 259 g/mol. The van der Waals surface area contributed by atoms with Gasteiger partial charge in [0.2, 0.25) is 0 Å². The summed E-state index contributed by atoms with van der Waals surface area (Å²) in [6.07, 6.45) is 3.83. The van der Waals surface area contributed by atoms with E-state index < -0.39 is 30.4 Å². The Balaban J connectivity index is 4.07. The molecular formula is C3H9IO4S.